The Morgan fingerprint density at radius 3 is 2.94 bits per heavy atom. The van der Waals surface area contributed by atoms with Gasteiger partial charge in [-0.15, -0.1) is 0 Å². The molecule has 2 aliphatic heterocycles. The molecule has 0 spiro atoms. The van der Waals surface area contributed by atoms with Crippen molar-refractivity contribution >= 4 is 11.8 Å². The van der Waals surface area contributed by atoms with E-state index in [0.717, 1.165) is 12.8 Å². The molecule has 0 radical (unpaired) electrons. The van der Waals surface area contributed by atoms with E-state index in [1.165, 1.54) is 0 Å². The van der Waals surface area contributed by atoms with Gasteiger partial charge in [0.05, 0.1) is 18.8 Å². The second-order valence-electron chi connectivity index (χ2n) is 4.51. The minimum atomic E-state index is -0.0449. The number of hydrogen-bond acceptors (Lipinski definition) is 3. The van der Waals surface area contributed by atoms with Gasteiger partial charge in [-0.3, -0.25) is 9.59 Å². The van der Waals surface area contributed by atoms with Crippen LogP contribution in [0.25, 0.3) is 0 Å². The molecule has 2 rings (SSSR count). The van der Waals surface area contributed by atoms with Gasteiger partial charge in [-0.2, -0.15) is 0 Å². The maximum absolute atomic E-state index is 11.7. The first-order chi connectivity index (χ1) is 7.65. The largest absolute Gasteiger partial charge is 0.373 e. The van der Waals surface area contributed by atoms with E-state index < -0.39 is 0 Å². The van der Waals surface area contributed by atoms with Crippen LogP contribution in [0.4, 0.5) is 0 Å². The molecule has 2 aliphatic rings. The molecular weight excluding hydrogens is 208 g/mol. The predicted molar refractivity (Wildman–Crippen MR) is 57.8 cm³/mol. The summed E-state index contributed by atoms with van der Waals surface area (Å²) in [5, 5.41) is 2.59. The number of carbonyl (C=O) groups is 2. The second kappa shape index (κ2) is 4.82. The average molecular weight is 226 g/mol. The summed E-state index contributed by atoms with van der Waals surface area (Å²) in [5.41, 5.74) is 0. The molecule has 2 saturated heterocycles. The van der Waals surface area contributed by atoms with E-state index in [0.29, 0.717) is 25.6 Å². The molecular formula is C11H18N2O3. The number of nitrogens with zero attached hydrogens (tertiary/aromatic N) is 1. The predicted octanol–water partition coefficient (Wildman–Crippen LogP) is -0.0976. The summed E-state index contributed by atoms with van der Waals surface area (Å²) in [6.45, 7) is 3.31. The Bertz CT molecular complexity index is 293. The van der Waals surface area contributed by atoms with Crippen LogP contribution < -0.4 is 5.32 Å². The summed E-state index contributed by atoms with van der Waals surface area (Å²) in [6.07, 6.45) is 2.91. The fourth-order valence-corrected chi connectivity index (χ4v) is 2.19. The average Bonchev–Trinajstić information content (AvgIpc) is 2.59. The molecule has 16 heavy (non-hydrogen) atoms. The molecule has 2 atom stereocenters. The van der Waals surface area contributed by atoms with E-state index in [-0.39, 0.29) is 24.5 Å². The third-order valence-electron chi connectivity index (χ3n) is 3.14. The Morgan fingerprint density at radius 2 is 2.25 bits per heavy atom. The fraction of sp³-hybridized carbons (Fsp3) is 0.818. The van der Waals surface area contributed by atoms with Gasteiger partial charge in [-0.25, -0.2) is 0 Å². The number of amides is 2. The first kappa shape index (κ1) is 11.4. The van der Waals surface area contributed by atoms with Crippen molar-refractivity contribution in [1.29, 1.82) is 0 Å². The van der Waals surface area contributed by atoms with Crippen molar-refractivity contribution in [3.05, 3.63) is 0 Å². The number of rotatable bonds is 2. The Labute approximate surface area is 95.1 Å². The summed E-state index contributed by atoms with van der Waals surface area (Å²) in [5.74, 6) is -0.0504. The Morgan fingerprint density at radius 1 is 1.44 bits per heavy atom. The lowest BCUT2D eigenvalue weighted by Crippen LogP contribution is -2.40. The van der Waals surface area contributed by atoms with Crippen LogP contribution in [0.2, 0.25) is 0 Å². The molecule has 2 heterocycles. The SMILES string of the molecule is CC1CCC(CN2CCC(=O)NCC2=O)O1. The summed E-state index contributed by atoms with van der Waals surface area (Å²) >= 11 is 0. The van der Waals surface area contributed by atoms with Crippen LogP contribution in [-0.2, 0) is 14.3 Å². The molecule has 1 N–H and O–H groups in total. The monoisotopic (exact) mass is 226 g/mol. The maximum Gasteiger partial charge on any atom is 0.242 e. The number of carbonyl (C=O) groups excluding carboxylic acids is 2. The number of nitrogens with one attached hydrogen (secondary N) is 1. The zero-order chi connectivity index (χ0) is 11.5. The van der Waals surface area contributed by atoms with Gasteiger partial charge < -0.3 is 15.0 Å². The Balaban J connectivity index is 1.87. The van der Waals surface area contributed by atoms with Crippen molar-refractivity contribution in [1.82, 2.24) is 10.2 Å². The molecule has 5 heteroatoms. The van der Waals surface area contributed by atoms with Crippen LogP contribution in [-0.4, -0.2) is 48.6 Å². The maximum atomic E-state index is 11.7. The van der Waals surface area contributed by atoms with E-state index in [4.69, 9.17) is 4.74 Å². The van der Waals surface area contributed by atoms with Crippen molar-refractivity contribution in [3.63, 3.8) is 0 Å². The van der Waals surface area contributed by atoms with Crippen LogP contribution in [0.3, 0.4) is 0 Å². The van der Waals surface area contributed by atoms with E-state index in [1.807, 2.05) is 0 Å². The summed E-state index contributed by atoms with van der Waals surface area (Å²) in [4.78, 5) is 24.6. The summed E-state index contributed by atoms with van der Waals surface area (Å²) in [6, 6.07) is 0. The van der Waals surface area contributed by atoms with Crippen molar-refractivity contribution < 1.29 is 14.3 Å². The van der Waals surface area contributed by atoms with Crippen molar-refractivity contribution in [2.75, 3.05) is 19.6 Å². The molecule has 0 aromatic carbocycles. The van der Waals surface area contributed by atoms with Gasteiger partial charge in [-0.1, -0.05) is 0 Å². The molecule has 0 bridgehead atoms. The minimum absolute atomic E-state index is 0.00555. The van der Waals surface area contributed by atoms with Gasteiger partial charge in [0.2, 0.25) is 11.8 Å². The molecule has 0 aliphatic carbocycles. The molecule has 2 fully saturated rings. The molecule has 0 aromatic heterocycles. The van der Waals surface area contributed by atoms with Gasteiger partial charge in [0, 0.05) is 19.5 Å². The van der Waals surface area contributed by atoms with E-state index in [2.05, 4.69) is 12.2 Å². The molecule has 90 valence electrons. The van der Waals surface area contributed by atoms with Gasteiger partial charge in [-0.05, 0) is 19.8 Å². The topological polar surface area (TPSA) is 58.6 Å². The van der Waals surface area contributed by atoms with Gasteiger partial charge in [0.25, 0.3) is 0 Å². The third-order valence-corrected chi connectivity index (χ3v) is 3.14. The van der Waals surface area contributed by atoms with E-state index in [1.54, 1.807) is 4.90 Å². The van der Waals surface area contributed by atoms with Crippen LogP contribution in [0.5, 0.6) is 0 Å². The fourth-order valence-electron chi connectivity index (χ4n) is 2.19. The van der Waals surface area contributed by atoms with E-state index in [9.17, 15) is 9.59 Å². The van der Waals surface area contributed by atoms with Crippen LogP contribution >= 0.6 is 0 Å². The second-order valence-corrected chi connectivity index (χ2v) is 4.51. The summed E-state index contributed by atoms with van der Waals surface area (Å²) in [7, 11) is 0. The van der Waals surface area contributed by atoms with Gasteiger partial charge in [0.15, 0.2) is 0 Å². The highest BCUT2D eigenvalue weighted by atomic mass is 16.5. The van der Waals surface area contributed by atoms with Crippen molar-refractivity contribution in [2.45, 2.75) is 38.4 Å². The van der Waals surface area contributed by atoms with E-state index >= 15 is 0 Å². The Hall–Kier alpha value is -1.10. The first-order valence-corrected chi connectivity index (χ1v) is 5.85. The molecule has 5 nitrogen and oxygen atoms in total. The highest BCUT2D eigenvalue weighted by Crippen LogP contribution is 2.20. The minimum Gasteiger partial charge on any atom is -0.373 e. The zero-order valence-corrected chi connectivity index (χ0v) is 9.57. The van der Waals surface area contributed by atoms with Crippen molar-refractivity contribution in [3.8, 4) is 0 Å². The lowest BCUT2D eigenvalue weighted by atomic mass is 10.2. The lowest BCUT2D eigenvalue weighted by Gasteiger charge is -2.23. The normalized spacial score (nSPS) is 31.4. The van der Waals surface area contributed by atoms with Gasteiger partial charge >= 0.3 is 0 Å². The third kappa shape index (κ3) is 2.72. The first-order valence-electron chi connectivity index (χ1n) is 5.85. The van der Waals surface area contributed by atoms with Crippen LogP contribution in [0.15, 0.2) is 0 Å². The highest BCUT2D eigenvalue weighted by molar-refractivity contribution is 5.87. The van der Waals surface area contributed by atoms with Crippen LogP contribution in [0.1, 0.15) is 26.2 Å². The lowest BCUT2D eigenvalue weighted by molar-refractivity contribution is -0.131. The standard InChI is InChI=1S/C11H18N2O3/c1-8-2-3-9(16-8)7-13-5-4-10(14)12-6-11(13)15/h8-9H,2-7H2,1H3,(H,12,14). The number of ether oxygens (including phenoxy) is 1. The number of hydrogen-bond donors (Lipinski definition) is 1. The molecule has 2 amide bonds. The Kier molecular flexibility index (Phi) is 3.43. The quantitative estimate of drug-likeness (QED) is 0.715. The highest BCUT2D eigenvalue weighted by Gasteiger charge is 2.27. The van der Waals surface area contributed by atoms with Gasteiger partial charge in [0.1, 0.15) is 0 Å². The summed E-state index contributed by atoms with van der Waals surface area (Å²) < 4.78 is 5.68. The molecule has 0 saturated carbocycles. The molecule has 0 aromatic rings. The smallest absolute Gasteiger partial charge is 0.242 e. The zero-order valence-electron chi connectivity index (χ0n) is 9.57. The van der Waals surface area contributed by atoms with Crippen molar-refractivity contribution in [2.24, 2.45) is 0 Å². The molecule has 2 unspecified atom stereocenters. The van der Waals surface area contributed by atoms with Crippen LogP contribution in [0, 0.1) is 0 Å².